The highest BCUT2D eigenvalue weighted by molar-refractivity contribution is 6.37. The molecule has 0 spiro atoms. The number of halogens is 3. The maximum Gasteiger partial charge on any atom is 0.164 e. The number of carbonyl (C=O) groups is 1. The Morgan fingerprint density at radius 2 is 1.84 bits per heavy atom. The fraction of sp³-hybridized carbons (Fsp3) is 0.214. The minimum atomic E-state index is -0.476. The van der Waals surface area contributed by atoms with Crippen LogP contribution < -0.4 is 0 Å². The van der Waals surface area contributed by atoms with E-state index in [9.17, 15) is 9.18 Å². The molecular formula is C14H10Cl2FNO. The van der Waals surface area contributed by atoms with Gasteiger partial charge in [0.1, 0.15) is 5.82 Å². The first-order chi connectivity index (χ1) is 9.08. The summed E-state index contributed by atoms with van der Waals surface area (Å²) in [6.45, 7) is 0. The summed E-state index contributed by atoms with van der Waals surface area (Å²) in [5, 5.41) is 0.475. The summed E-state index contributed by atoms with van der Waals surface area (Å²) in [4.78, 5) is 11.8. The van der Waals surface area contributed by atoms with E-state index in [1.54, 1.807) is 16.8 Å². The molecule has 0 amide bonds. The van der Waals surface area contributed by atoms with Crippen molar-refractivity contribution >= 4 is 29.0 Å². The van der Waals surface area contributed by atoms with Gasteiger partial charge in [0.25, 0.3) is 0 Å². The summed E-state index contributed by atoms with van der Waals surface area (Å²) < 4.78 is 15.0. The van der Waals surface area contributed by atoms with Crippen molar-refractivity contribution in [2.75, 3.05) is 0 Å². The van der Waals surface area contributed by atoms with Crippen LogP contribution in [0.25, 0.3) is 5.69 Å². The van der Waals surface area contributed by atoms with Crippen LogP contribution in [0.5, 0.6) is 0 Å². The summed E-state index contributed by atoms with van der Waals surface area (Å²) in [6, 6.07) is 4.21. The van der Waals surface area contributed by atoms with Crippen LogP contribution in [0.3, 0.4) is 0 Å². The monoisotopic (exact) mass is 297 g/mol. The van der Waals surface area contributed by atoms with E-state index in [2.05, 4.69) is 0 Å². The molecule has 0 unspecified atom stereocenters. The molecule has 1 aliphatic carbocycles. The summed E-state index contributed by atoms with van der Waals surface area (Å²) in [5.41, 5.74) is 2.13. The van der Waals surface area contributed by atoms with Gasteiger partial charge in [-0.15, -0.1) is 0 Å². The van der Waals surface area contributed by atoms with Crippen molar-refractivity contribution < 1.29 is 9.18 Å². The highest BCUT2D eigenvalue weighted by atomic mass is 35.5. The molecule has 3 rings (SSSR count). The Hall–Kier alpha value is -1.32. The van der Waals surface area contributed by atoms with Crippen LogP contribution in [-0.2, 0) is 6.42 Å². The van der Waals surface area contributed by atoms with Gasteiger partial charge in [0.15, 0.2) is 5.78 Å². The van der Waals surface area contributed by atoms with Crippen LogP contribution in [0.15, 0.2) is 24.4 Å². The Morgan fingerprint density at radius 3 is 2.53 bits per heavy atom. The van der Waals surface area contributed by atoms with E-state index in [1.165, 1.54) is 12.1 Å². The zero-order valence-corrected chi connectivity index (χ0v) is 11.4. The van der Waals surface area contributed by atoms with E-state index in [-0.39, 0.29) is 15.8 Å². The zero-order chi connectivity index (χ0) is 13.6. The number of hydrogen-bond acceptors (Lipinski definition) is 1. The SMILES string of the molecule is O=C1CCCc2c1ccn2-c1c(Cl)cc(F)cc1Cl. The summed E-state index contributed by atoms with van der Waals surface area (Å²) >= 11 is 12.1. The Morgan fingerprint density at radius 1 is 1.16 bits per heavy atom. The maximum atomic E-state index is 13.2. The van der Waals surface area contributed by atoms with Gasteiger partial charge < -0.3 is 4.57 Å². The third kappa shape index (κ3) is 2.07. The number of rotatable bonds is 1. The minimum absolute atomic E-state index is 0.134. The number of ketones is 1. The molecule has 1 aromatic carbocycles. The van der Waals surface area contributed by atoms with Gasteiger partial charge in [0.2, 0.25) is 0 Å². The van der Waals surface area contributed by atoms with Crippen molar-refractivity contribution in [1.29, 1.82) is 0 Å². The molecule has 98 valence electrons. The first kappa shape index (κ1) is 12.7. The minimum Gasteiger partial charge on any atom is -0.317 e. The lowest BCUT2D eigenvalue weighted by molar-refractivity contribution is 0.0972. The molecule has 0 radical (unpaired) electrons. The van der Waals surface area contributed by atoms with Crippen LogP contribution in [0.2, 0.25) is 10.0 Å². The smallest absolute Gasteiger partial charge is 0.164 e. The third-order valence-corrected chi connectivity index (χ3v) is 3.91. The molecule has 0 N–H and O–H groups in total. The lowest BCUT2D eigenvalue weighted by Crippen LogP contribution is -2.12. The zero-order valence-electron chi connectivity index (χ0n) is 9.92. The van der Waals surface area contributed by atoms with Gasteiger partial charge >= 0.3 is 0 Å². The first-order valence-corrected chi connectivity index (χ1v) is 6.72. The Balaban J connectivity index is 2.21. The lowest BCUT2D eigenvalue weighted by Gasteiger charge is -2.17. The Labute approximate surface area is 119 Å². The molecule has 1 aliphatic rings. The molecule has 19 heavy (non-hydrogen) atoms. The summed E-state index contributed by atoms with van der Waals surface area (Å²) in [6.07, 6.45) is 3.94. The number of hydrogen-bond donors (Lipinski definition) is 0. The van der Waals surface area contributed by atoms with E-state index in [0.29, 0.717) is 17.7 Å². The van der Waals surface area contributed by atoms with Gasteiger partial charge in [-0.05, 0) is 31.0 Å². The molecule has 2 aromatic rings. The molecule has 0 saturated carbocycles. The predicted molar refractivity (Wildman–Crippen MR) is 73.0 cm³/mol. The standard InChI is InChI=1S/C14H10Cl2FNO/c15-10-6-8(17)7-11(16)14(10)18-5-4-9-12(18)2-1-3-13(9)19/h4-7H,1-3H2. The van der Waals surface area contributed by atoms with Gasteiger partial charge in [0.05, 0.1) is 15.7 Å². The molecule has 1 aromatic heterocycles. The summed E-state index contributed by atoms with van der Waals surface area (Å²) in [5.74, 6) is -0.342. The van der Waals surface area contributed by atoms with Crippen LogP contribution in [0.1, 0.15) is 28.9 Å². The van der Waals surface area contributed by atoms with Gasteiger partial charge in [-0.3, -0.25) is 4.79 Å². The van der Waals surface area contributed by atoms with Gasteiger partial charge in [-0.25, -0.2) is 4.39 Å². The predicted octanol–water partition coefficient (Wildman–Crippen LogP) is 4.44. The van der Waals surface area contributed by atoms with Crippen LogP contribution in [0, 0.1) is 5.82 Å². The van der Waals surface area contributed by atoms with E-state index in [0.717, 1.165) is 18.5 Å². The molecule has 0 saturated heterocycles. The van der Waals surface area contributed by atoms with Gasteiger partial charge in [-0.1, -0.05) is 23.2 Å². The maximum absolute atomic E-state index is 13.2. The normalized spacial score (nSPS) is 14.6. The number of fused-ring (bicyclic) bond motifs is 1. The molecule has 0 fully saturated rings. The van der Waals surface area contributed by atoms with Crippen LogP contribution >= 0.6 is 23.2 Å². The average Bonchev–Trinajstić information content (AvgIpc) is 2.73. The van der Waals surface area contributed by atoms with Crippen LogP contribution in [-0.4, -0.2) is 10.4 Å². The number of nitrogens with zero attached hydrogens (tertiary/aromatic N) is 1. The Bertz CT molecular complexity index is 655. The third-order valence-electron chi connectivity index (χ3n) is 3.33. The van der Waals surface area contributed by atoms with Gasteiger partial charge in [-0.2, -0.15) is 0 Å². The Kier molecular flexibility index (Phi) is 3.11. The van der Waals surface area contributed by atoms with Crippen molar-refractivity contribution in [2.45, 2.75) is 19.3 Å². The number of aromatic nitrogens is 1. The quantitative estimate of drug-likeness (QED) is 0.762. The molecule has 0 atom stereocenters. The highest BCUT2D eigenvalue weighted by Gasteiger charge is 2.23. The second-order valence-corrected chi connectivity index (χ2v) is 5.36. The highest BCUT2D eigenvalue weighted by Crippen LogP contribution is 2.33. The van der Waals surface area contributed by atoms with Crippen molar-refractivity contribution in [3.63, 3.8) is 0 Å². The van der Waals surface area contributed by atoms with E-state index in [4.69, 9.17) is 23.2 Å². The van der Waals surface area contributed by atoms with E-state index < -0.39 is 5.82 Å². The molecule has 2 nitrogen and oxygen atoms in total. The van der Waals surface area contributed by atoms with Crippen LogP contribution in [0.4, 0.5) is 4.39 Å². The van der Waals surface area contributed by atoms with Crippen molar-refractivity contribution in [3.8, 4) is 5.69 Å². The van der Waals surface area contributed by atoms with Gasteiger partial charge in [0, 0.05) is 23.9 Å². The second kappa shape index (κ2) is 4.66. The van der Waals surface area contributed by atoms with Crippen molar-refractivity contribution in [3.05, 3.63) is 51.5 Å². The fourth-order valence-electron chi connectivity index (χ4n) is 2.50. The molecule has 0 aliphatic heterocycles. The number of Topliss-reactive ketones (excluding diaryl/α,β-unsaturated/α-hetero) is 1. The molecule has 1 heterocycles. The van der Waals surface area contributed by atoms with Crippen molar-refractivity contribution in [2.24, 2.45) is 0 Å². The van der Waals surface area contributed by atoms with E-state index >= 15 is 0 Å². The van der Waals surface area contributed by atoms with E-state index in [1.807, 2.05) is 0 Å². The molecule has 5 heteroatoms. The number of carbonyl (C=O) groups excluding carboxylic acids is 1. The lowest BCUT2D eigenvalue weighted by atomic mass is 9.97. The second-order valence-electron chi connectivity index (χ2n) is 4.54. The molecular weight excluding hydrogens is 288 g/mol. The topological polar surface area (TPSA) is 22.0 Å². The molecule has 0 bridgehead atoms. The number of benzene rings is 1. The largest absolute Gasteiger partial charge is 0.317 e. The van der Waals surface area contributed by atoms with Crippen molar-refractivity contribution in [1.82, 2.24) is 4.57 Å². The summed E-state index contributed by atoms with van der Waals surface area (Å²) in [7, 11) is 0. The fourth-order valence-corrected chi connectivity index (χ4v) is 3.14. The average molecular weight is 298 g/mol. The first-order valence-electron chi connectivity index (χ1n) is 5.96.